The summed E-state index contributed by atoms with van der Waals surface area (Å²) >= 11 is 0. The van der Waals surface area contributed by atoms with Crippen LogP contribution in [0.25, 0.3) is 0 Å². The van der Waals surface area contributed by atoms with Crippen molar-refractivity contribution < 1.29 is 42.8 Å². The second-order valence-corrected chi connectivity index (χ2v) is 18.2. The van der Waals surface area contributed by atoms with Gasteiger partial charge in [0.1, 0.15) is 30.0 Å². The summed E-state index contributed by atoms with van der Waals surface area (Å²) in [5.41, 5.74) is -0.414. The number of rotatable bonds is 14. The average molecular weight is 692 g/mol. The fraction of sp³-hybridized carbons (Fsp3) is 0.857. The Kier molecular flexibility index (Phi) is 8.42. The minimum atomic E-state index is -0.778. The van der Waals surface area contributed by atoms with Gasteiger partial charge in [-0.25, -0.2) is 9.59 Å². The molecule has 0 radical (unpaired) electrons. The van der Waals surface area contributed by atoms with Crippen LogP contribution in [0.2, 0.25) is 0 Å². The van der Waals surface area contributed by atoms with Gasteiger partial charge in [-0.3, -0.25) is 4.79 Å². The number of cyclic esters (lactones) is 1. The molecule has 10 atom stereocenters. The van der Waals surface area contributed by atoms with E-state index in [1.54, 1.807) is 0 Å². The van der Waals surface area contributed by atoms with Gasteiger partial charge in [0.2, 0.25) is 5.91 Å². The van der Waals surface area contributed by atoms with Crippen molar-refractivity contribution in [2.24, 2.45) is 17.3 Å². The van der Waals surface area contributed by atoms with Gasteiger partial charge >= 0.3 is 12.1 Å². The zero-order valence-corrected chi connectivity index (χ0v) is 29.5. The number of hydrogen-bond acceptors (Lipinski definition) is 11. The van der Waals surface area contributed by atoms with E-state index in [-0.39, 0.29) is 54.0 Å². The van der Waals surface area contributed by atoms with E-state index in [1.807, 2.05) is 21.6 Å². The number of epoxide rings is 3. The number of nitrogens with one attached hydrogen (secondary N) is 1. The molecule has 8 aliphatic rings. The molecular formula is C35H49NO9S2. The van der Waals surface area contributed by atoms with Crippen molar-refractivity contribution in [2.45, 2.75) is 144 Å². The van der Waals surface area contributed by atoms with Crippen LogP contribution in [-0.4, -0.2) is 90.0 Å². The van der Waals surface area contributed by atoms with Crippen LogP contribution in [0.1, 0.15) is 97.8 Å². The Morgan fingerprint density at radius 2 is 1.91 bits per heavy atom. The van der Waals surface area contributed by atoms with Gasteiger partial charge in [-0.1, -0.05) is 55.2 Å². The summed E-state index contributed by atoms with van der Waals surface area (Å²) in [6, 6.07) is 0. The van der Waals surface area contributed by atoms with Crippen LogP contribution < -0.4 is 5.32 Å². The van der Waals surface area contributed by atoms with Crippen LogP contribution in [0.15, 0.2) is 11.1 Å². The molecule has 47 heavy (non-hydrogen) atoms. The Hall–Kier alpha value is -1.47. The maximum absolute atomic E-state index is 13.2. The third-order valence-electron chi connectivity index (χ3n) is 12.8. The molecule has 6 fully saturated rings. The highest BCUT2D eigenvalue weighted by molar-refractivity contribution is 8.77. The summed E-state index contributed by atoms with van der Waals surface area (Å²) in [5.74, 6) is 1.44. The van der Waals surface area contributed by atoms with Crippen molar-refractivity contribution in [3.63, 3.8) is 0 Å². The summed E-state index contributed by atoms with van der Waals surface area (Å²) in [6.07, 6.45) is 9.18. The lowest BCUT2D eigenvalue weighted by Gasteiger charge is -2.53. The molecule has 2 spiro atoms. The first-order chi connectivity index (χ1) is 22.7. The van der Waals surface area contributed by atoms with E-state index >= 15 is 0 Å². The maximum atomic E-state index is 13.2. The zero-order valence-electron chi connectivity index (χ0n) is 27.8. The number of hydrogen-bond donors (Lipinski definition) is 1. The highest BCUT2D eigenvalue weighted by Crippen LogP contribution is 2.83. The molecule has 10 unspecified atom stereocenters. The minimum absolute atomic E-state index is 0.0921. The number of carbonyl (C=O) groups excluding carboxylic acids is 3. The van der Waals surface area contributed by atoms with Gasteiger partial charge in [-0.05, 0) is 75.2 Å². The zero-order chi connectivity index (χ0) is 32.6. The van der Waals surface area contributed by atoms with Crippen molar-refractivity contribution in [2.75, 3.05) is 25.5 Å². The molecule has 3 aliphatic carbocycles. The van der Waals surface area contributed by atoms with Gasteiger partial charge in [-0.2, -0.15) is 0 Å². The number of fused-ring (bicyclic) bond motifs is 4. The van der Waals surface area contributed by atoms with Crippen LogP contribution >= 0.6 is 21.6 Å². The normalized spacial score (nSPS) is 43.1. The first kappa shape index (κ1) is 32.7. The Morgan fingerprint density at radius 1 is 1.06 bits per heavy atom. The molecule has 1 N–H and O–H groups in total. The Bertz CT molecular complexity index is 1340. The Morgan fingerprint density at radius 3 is 2.72 bits per heavy atom. The predicted molar refractivity (Wildman–Crippen MR) is 176 cm³/mol. The van der Waals surface area contributed by atoms with E-state index in [9.17, 15) is 14.4 Å². The Balaban J connectivity index is 0.810. The smallest absolute Gasteiger partial charge is 0.458 e. The van der Waals surface area contributed by atoms with E-state index in [2.05, 4.69) is 26.1 Å². The molecule has 5 heterocycles. The number of amides is 1. The van der Waals surface area contributed by atoms with Crippen molar-refractivity contribution >= 4 is 39.6 Å². The molecule has 1 amide bonds. The monoisotopic (exact) mass is 691 g/mol. The molecule has 0 aromatic heterocycles. The van der Waals surface area contributed by atoms with Crippen molar-refractivity contribution in [3.8, 4) is 0 Å². The topological polar surface area (TPSA) is 129 Å². The third-order valence-corrected chi connectivity index (χ3v) is 15.8. The number of esters is 1. The molecule has 8 rings (SSSR count). The van der Waals surface area contributed by atoms with Crippen molar-refractivity contribution in [1.29, 1.82) is 0 Å². The number of carbonyl (C=O) groups is 3. The minimum Gasteiger partial charge on any atom is -0.458 e. The summed E-state index contributed by atoms with van der Waals surface area (Å²) in [7, 11) is 3.97. The van der Waals surface area contributed by atoms with E-state index in [0.717, 1.165) is 67.8 Å². The second kappa shape index (κ2) is 12.1. The number of ether oxygens (including phenoxy) is 6. The largest absolute Gasteiger partial charge is 0.508 e. The van der Waals surface area contributed by atoms with Crippen LogP contribution in [0.3, 0.4) is 0 Å². The molecular weight excluding hydrogens is 643 g/mol. The van der Waals surface area contributed by atoms with E-state index in [0.29, 0.717) is 26.0 Å². The summed E-state index contributed by atoms with van der Waals surface area (Å²) in [6.45, 7) is 7.80. The Labute approximate surface area is 285 Å². The maximum Gasteiger partial charge on any atom is 0.508 e. The molecule has 0 aromatic rings. The summed E-state index contributed by atoms with van der Waals surface area (Å²) in [4.78, 5) is 37.8. The summed E-state index contributed by atoms with van der Waals surface area (Å²) in [5, 5.41) is 3.82. The summed E-state index contributed by atoms with van der Waals surface area (Å²) < 4.78 is 37.2. The molecule has 2 saturated carbocycles. The standard InChI is InChI=1S/C35H49NO9S2/c1-20(2)33-27(44-33)28-35(45-28)32(3)14-12-22-23(19-41-29(22)38)24(32)18-25-34(35,43-25)30(33)42-31(39)40-16-9-5-4-8-15-36-26(37)11-7-6-10-21-13-17-46-47-21/h20-21,24-25,27-28,30H,4-19H2,1-3H3,(H,36,37). The van der Waals surface area contributed by atoms with Gasteiger partial charge in [0.05, 0.1) is 12.7 Å². The van der Waals surface area contributed by atoms with Gasteiger partial charge in [0.15, 0.2) is 11.7 Å². The lowest BCUT2D eigenvalue weighted by Crippen LogP contribution is -2.70. The highest BCUT2D eigenvalue weighted by atomic mass is 33.1. The molecule has 0 aromatic carbocycles. The second-order valence-electron chi connectivity index (χ2n) is 15.4. The van der Waals surface area contributed by atoms with E-state index < -0.39 is 29.1 Å². The first-order valence-electron chi connectivity index (χ1n) is 18.0. The third kappa shape index (κ3) is 4.95. The highest BCUT2D eigenvalue weighted by Gasteiger charge is 3.01. The van der Waals surface area contributed by atoms with Gasteiger partial charge in [0.25, 0.3) is 0 Å². The number of unbranched alkanes of at least 4 members (excludes halogenated alkanes) is 4. The average Bonchev–Trinajstić information content (AvgIpc) is 3.99. The fourth-order valence-corrected chi connectivity index (χ4v) is 13.3. The van der Waals surface area contributed by atoms with Crippen molar-refractivity contribution in [3.05, 3.63) is 11.1 Å². The van der Waals surface area contributed by atoms with Crippen LogP contribution in [0.4, 0.5) is 4.79 Å². The molecule has 4 saturated heterocycles. The fourth-order valence-electron chi connectivity index (χ4n) is 10.2. The van der Waals surface area contributed by atoms with E-state index in [1.165, 1.54) is 18.6 Å². The van der Waals surface area contributed by atoms with Gasteiger partial charge in [0, 0.05) is 35.0 Å². The molecule has 0 bridgehead atoms. The quantitative estimate of drug-likeness (QED) is 0.105. The molecule has 12 heteroatoms. The van der Waals surface area contributed by atoms with Crippen LogP contribution in [0.5, 0.6) is 0 Å². The first-order valence-corrected chi connectivity index (χ1v) is 20.4. The predicted octanol–water partition coefficient (Wildman–Crippen LogP) is 5.65. The van der Waals surface area contributed by atoms with Gasteiger partial charge in [-0.15, -0.1) is 0 Å². The van der Waals surface area contributed by atoms with Crippen LogP contribution in [0, 0.1) is 17.3 Å². The molecule has 260 valence electrons. The molecule has 10 nitrogen and oxygen atoms in total. The van der Waals surface area contributed by atoms with Crippen molar-refractivity contribution in [1.82, 2.24) is 5.32 Å². The SMILES string of the molecule is CC(C)C12OC1C1OC13C1(C)CCC4=C(COC4=O)C1CC1OC13C2OC(=O)OCCCCCCNC(=O)CCCCC1CCSS1. The van der Waals surface area contributed by atoms with Crippen LogP contribution in [-0.2, 0) is 38.0 Å². The van der Waals surface area contributed by atoms with E-state index in [4.69, 9.17) is 28.4 Å². The lowest BCUT2D eigenvalue weighted by molar-refractivity contribution is -0.136. The molecule has 5 aliphatic heterocycles. The van der Waals surface area contributed by atoms with Gasteiger partial charge < -0.3 is 33.7 Å². The lowest BCUT2D eigenvalue weighted by atomic mass is 9.46.